The molecule has 3 rings (SSSR count). The Bertz CT molecular complexity index is 965. The van der Waals surface area contributed by atoms with Crippen molar-refractivity contribution in [3.63, 3.8) is 0 Å². The Morgan fingerprint density at radius 3 is 2.44 bits per heavy atom. The van der Waals surface area contributed by atoms with Crippen LogP contribution in [0.25, 0.3) is 0 Å². The van der Waals surface area contributed by atoms with Crippen molar-refractivity contribution < 1.29 is 14.3 Å². The molecule has 27 heavy (non-hydrogen) atoms. The molecule has 0 fully saturated rings. The van der Waals surface area contributed by atoms with Crippen molar-refractivity contribution in [2.24, 2.45) is 0 Å². The van der Waals surface area contributed by atoms with Crippen molar-refractivity contribution in [3.05, 3.63) is 90.0 Å². The van der Waals surface area contributed by atoms with Crippen LogP contribution in [-0.2, 0) is 4.79 Å². The molecule has 3 aromatic carbocycles. The Morgan fingerprint density at radius 2 is 1.70 bits per heavy atom. The normalized spacial score (nSPS) is 11.1. The fraction of sp³-hybridized carbons (Fsp3) is 0.0909. The second-order valence-corrected chi connectivity index (χ2v) is 5.77. The van der Waals surface area contributed by atoms with E-state index in [4.69, 9.17) is 14.7 Å². The molecule has 0 saturated heterocycles. The average Bonchev–Trinajstić information content (AvgIpc) is 2.73. The second-order valence-electron chi connectivity index (χ2n) is 5.77. The number of ether oxygens (including phenoxy) is 2. The highest BCUT2D eigenvalue weighted by Gasteiger charge is 2.23. The first-order valence-corrected chi connectivity index (χ1v) is 8.36. The minimum Gasteiger partial charge on any atom is -0.497 e. The van der Waals surface area contributed by atoms with Gasteiger partial charge in [-0.2, -0.15) is 5.26 Å². The van der Waals surface area contributed by atoms with E-state index in [0.717, 1.165) is 0 Å². The number of anilines is 1. The third kappa shape index (κ3) is 4.65. The van der Waals surface area contributed by atoms with E-state index < -0.39 is 6.10 Å². The number of carbonyl (C=O) groups is 1. The van der Waals surface area contributed by atoms with E-state index in [1.54, 1.807) is 55.6 Å². The first kappa shape index (κ1) is 18.0. The molecule has 0 unspecified atom stereocenters. The van der Waals surface area contributed by atoms with Gasteiger partial charge in [-0.25, -0.2) is 0 Å². The molecule has 0 heterocycles. The molecule has 5 nitrogen and oxygen atoms in total. The maximum Gasteiger partial charge on any atom is 0.270 e. The van der Waals surface area contributed by atoms with Crippen LogP contribution in [0.4, 0.5) is 5.69 Å². The third-order valence-corrected chi connectivity index (χ3v) is 3.89. The van der Waals surface area contributed by atoms with Crippen molar-refractivity contribution in [3.8, 4) is 17.6 Å². The van der Waals surface area contributed by atoms with Gasteiger partial charge in [0.15, 0.2) is 0 Å². The van der Waals surface area contributed by atoms with Gasteiger partial charge in [0.25, 0.3) is 5.91 Å². The van der Waals surface area contributed by atoms with Gasteiger partial charge in [-0.3, -0.25) is 4.79 Å². The smallest absolute Gasteiger partial charge is 0.270 e. The molecule has 0 aliphatic heterocycles. The van der Waals surface area contributed by atoms with Crippen LogP contribution in [0.2, 0.25) is 0 Å². The molecule has 0 bridgehead atoms. The van der Waals surface area contributed by atoms with Gasteiger partial charge < -0.3 is 14.8 Å². The predicted molar refractivity (Wildman–Crippen MR) is 103 cm³/mol. The molecule has 0 saturated carbocycles. The number of nitrogens with one attached hydrogen (secondary N) is 1. The quantitative estimate of drug-likeness (QED) is 0.712. The summed E-state index contributed by atoms with van der Waals surface area (Å²) in [6.07, 6.45) is -0.869. The zero-order chi connectivity index (χ0) is 19.1. The number of hydrogen-bond acceptors (Lipinski definition) is 4. The number of carbonyl (C=O) groups excluding carboxylic acids is 1. The SMILES string of the molecule is COc1cccc(NC(=O)[C@@H](Oc2cccc(C#N)c2)c2ccccc2)c1. The van der Waals surface area contributed by atoms with Gasteiger partial charge in [0, 0.05) is 17.3 Å². The van der Waals surface area contributed by atoms with E-state index in [9.17, 15) is 4.79 Å². The summed E-state index contributed by atoms with van der Waals surface area (Å²) < 4.78 is 11.1. The molecular weight excluding hydrogens is 340 g/mol. The molecule has 0 spiro atoms. The van der Waals surface area contributed by atoms with Gasteiger partial charge in [0.05, 0.1) is 18.7 Å². The third-order valence-electron chi connectivity index (χ3n) is 3.89. The van der Waals surface area contributed by atoms with E-state index >= 15 is 0 Å². The number of nitrogens with zero attached hydrogens (tertiary/aromatic N) is 1. The Labute approximate surface area is 157 Å². The van der Waals surface area contributed by atoms with E-state index in [1.165, 1.54) is 0 Å². The van der Waals surface area contributed by atoms with Crippen LogP contribution in [0.5, 0.6) is 11.5 Å². The minimum atomic E-state index is -0.869. The summed E-state index contributed by atoms with van der Waals surface area (Å²) in [5.41, 5.74) is 1.78. The molecule has 134 valence electrons. The Balaban J connectivity index is 1.87. The van der Waals surface area contributed by atoms with E-state index in [1.807, 2.05) is 30.3 Å². The molecule has 0 aliphatic rings. The van der Waals surface area contributed by atoms with Crippen LogP contribution in [0.1, 0.15) is 17.2 Å². The van der Waals surface area contributed by atoms with Crippen molar-refractivity contribution in [1.82, 2.24) is 0 Å². The number of amides is 1. The van der Waals surface area contributed by atoms with Gasteiger partial charge in [-0.05, 0) is 30.3 Å². The lowest BCUT2D eigenvalue weighted by atomic mass is 10.1. The molecule has 5 heteroatoms. The summed E-state index contributed by atoms with van der Waals surface area (Å²) in [6, 6.07) is 25.1. The summed E-state index contributed by atoms with van der Waals surface area (Å²) in [7, 11) is 1.57. The highest BCUT2D eigenvalue weighted by molar-refractivity contribution is 5.95. The number of rotatable bonds is 6. The number of benzene rings is 3. The molecular formula is C22H18N2O3. The van der Waals surface area contributed by atoms with Crippen molar-refractivity contribution in [2.75, 3.05) is 12.4 Å². The summed E-state index contributed by atoms with van der Waals surface area (Å²) >= 11 is 0. The first-order chi connectivity index (χ1) is 13.2. The van der Waals surface area contributed by atoms with E-state index in [0.29, 0.717) is 28.3 Å². The molecule has 0 aliphatic carbocycles. The number of nitriles is 1. The van der Waals surface area contributed by atoms with Gasteiger partial charge in [-0.15, -0.1) is 0 Å². The fourth-order valence-corrected chi connectivity index (χ4v) is 2.58. The van der Waals surface area contributed by atoms with E-state index in [2.05, 4.69) is 11.4 Å². The lowest BCUT2D eigenvalue weighted by Gasteiger charge is -2.19. The zero-order valence-electron chi connectivity index (χ0n) is 14.8. The minimum absolute atomic E-state index is 0.322. The van der Waals surface area contributed by atoms with Crippen LogP contribution in [-0.4, -0.2) is 13.0 Å². The molecule has 0 radical (unpaired) electrons. The van der Waals surface area contributed by atoms with Gasteiger partial charge in [0.2, 0.25) is 6.10 Å². The summed E-state index contributed by atoms with van der Waals surface area (Å²) in [4.78, 5) is 12.9. The van der Waals surface area contributed by atoms with Crippen LogP contribution < -0.4 is 14.8 Å². The highest BCUT2D eigenvalue weighted by Crippen LogP contribution is 2.25. The highest BCUT2D eigenvalue weighted by atomic mass is 16.5. The Hall–Kier alpha value is -3.78. The van der Waals surface area contributed by atoms with Crippen molar-refractivity contribution >= 4 is 11.6 Å². The predicted octanol–water partition coefficient (Wildman–Crippen LogP) is 4.33. The standard InChI is InChI=1S/C22H18N2O3/c1-26-19-11-6-10-18(14-19)24-22(25)21(17-8-3-2-4-9-17)27-20-12-5-7-16(13-20)15-23/h2-14,21H,1H3,(H,24,25)/t21-/m0/s1. The fourth-order valence-electron chi connectivity index (χ4n) is 2.58. The molecule has 1 amide bonds. The maximum atomic E-state index is 12.9. The number of hydrogen-bond donors (Lipinski definition) is 1. The molecule has 0 aromatic heterocycles. The molecule has 3 aromatic rings. The largest absolute Gasteiger partial charge is 0.497 e. The molecule has 1 atom stereocenters. The lowest BCUT2D eigenvalue weighted by Crippen LogP contribution is -2.25. The second kappa shape index (κ2) is 8.54. The van der Waals surface area contributed by atoms with Crippen LogP contribution in [0.3, 0.4) is 0 Å². The van der Waals surface area contributed by atoms with Gasteiger partial charge >= 0.3 is 0 Å². The Morgan fingerprint density at radius 1 is 0.963 bits per heavy atom. The summed E-state index contributed by atoms with van der Waals surface area (Å²) in [5, 5.41) is 11.9. The van der Waals surface area contributed by atoms with Crippen LogP contribution in [0.15, 0.2) is 78.9 Å². The lowest BCUT2D eigenvalue weighted by molar-refractivity contribution is -0.123. The Kier molecular flexibility index (Phi) is 5.70. The first-order valence-electron chi connectivity index (χ1n) is 8.36. The average molecular weight is 358 g/mol. The molecule has 1 N–H and O–H groups in total. The van der Waals surface area contributed by atoms with Crippen molar-refractivity contribution in [2.45, 2.75) is 6.10 Å². The van der Waals surface area contributed by atoms with Crippen LogP contribution in [0, 0.1) is 11.3 Å². The summed E-state index contributed by atoms with van der Waals surface area (Å²) in [6.45, 7) is 0. The van der Waals surface area contributed by atoms with Crippen LogP contribution >= 0.6 is 0 Å². The summed E-state index contributed by atoms with van der Waals surface area (Å²) in [5.74, 6) is 0.771. The van der Waals surface area contributed by atoms with E-state index in [-0.39, 0.29) is 5.91 Å². The van der Waals surface area contributed by atoms with Gasteiger partial charge in [-0.1, -0.05) is 42.5 Å². The zero-order valence-corrected chi connectivity index (χ0v) is 14.8. The number of methoxy groups -OCH3 is 1. The maximum absolute atomic E-state index is 12.9. The van der Waals surface area contributed by atoms with Gasteiger partial charge in [0.1, 0.15) is 11.5 Å². The topological polar surface area (TPSA) is 71.3 Å². The monoisotopic (exact) mass is 358 g/mol. The van der Waals surface area contributed by atoms with Crippen molar-refractivity contribution in [1.29, 1.82) is 5.26 Å².